The van der Waals surface area contributed by atoms with Gasteiger partial charge in [0, 0.05) is 6.92 Å². The van der Waals surface area contributed by atoms with Crippen molar-refractivity contribution < 1.29 is 52.2 Å². The molecule has 0 N–H and O–H groups in total. The molecule has 37 heavy (non-hydrogen) atoms. The van der Waals surface area contributed by atoms with Gasteiger partial charge in [0.2, 0.25) is 0 Å². The van der Waals surface area contributed by atoms with Gasteiger partial charge in [-0.15, -0.1) is 0 Å². The number of rotatable bonds is 28. The zero-order valence-electron chi connectivity index (χ0n) is 22.1. The fourth-order valence-electron chi connectivity index (χ4n) is 2.62. The van der Waals surface area contributed by atoms with Crippen LogP contribution in [0, 0.1) is 0 Å². The summed E-state index contributed by atoms with van der Waals surface area (Å²) < 4.78 is 53.5. The molecular weight excluding hydrogens is 488 g/mol. The number of benzene rings is 1. The zero-order chi connectivity index (χ0) is 26.5. The zero-order valence-corrected chi connectivity index (χ0v) is 22.1. The van der Waals surface area contributed by atoms with E-state index in [0.29, 0.717) is 112 Å². The third kappa shape index (κ3) is 25.6. The number of hydrogen-bond donors (Lipinski definition) is 0. The molecule has 0 aliphatic heterocycles. The van der Waals surface area contributed by atoms with Gasteiger partial charge < -0.3 is 47.4 Å². The predicted molar refractivity (Wildman–Crippen MR) is 135 cm³/mol. The van der Waals surface area contributed by atoms with Gasteiger partial charge in [0.15, 0.2) is 0 Å². The lowest BCUT2D eigenvalue weighted by Crippen LogP contribution is -2.15. The third-order valence-corrected chi connectivity index (χ3v) is 4.38. The smallest absolute Gasteiger partial charge is 0.302 e. The second-order valence-electron chi connectivity index (χ2n) is 7.40. The topological polar surface area (TPSA) is 109 Å². The Morgan fingerprint density at radius 3 is 1.08 bits per heavy atom. The summed E-state index contributed by atoms with van der Waals surface area (Å²) in [6.07, 6.45) is 0. The normalized spacial score (nSPS) is 11.1. The van der Waals surface area contributed by atoms with Crippen LogP contribution in [0.15, 0.2) is 30.3 Å². The Hall–Kier alpha value is -1.83. The van der Waals surface area contributed by atoms with Gasteiger partial charge in [0.1, 0.15) is 19.0 Å². The van der Waals surface area contributed by atoms with Crippen molar-refractivity contribution in [2.45, 2.75) is 6.92 Å². The number of ether oxygens (including phenoxy) is 10. The van der Waals surface area contributed by atoms with Crippen molar-refractivity contribution in [1.29, 1.82) is 0 Å². The molecule has 0 amide bonds. The SMILES string of the molecule is CC(=O)OCCOCCOCCOCCOCCOCCOCCOCCOCCOc1ccccc1. The van der Waals surface area contributed by atoms with Crippen molar-refractivity contribution in [3.8, 4) is 5.75 Å². The van der Waals surface area contributed by atoms with Crippen LogP contribution in [0.4, 0.5) is 0 Å². The van der Waals surface area contributed by atoms with Gasteiger partial charge in [-0.05, 0) is 12.1 Å². The first-order valence-electron chi connectivity index (χ1n) is 12.7. The lowest BCUT2D eigenvalue weighted by molar-refractivity contribution is -0.142. The van der Waals surface area contributed by atoms with Crippen molar-refractivity contribution >= 4 is 5.97 Å². The van der Waals surface area contributed by atoms with Gasteiger partial charge in [0.25, 0.3) is 0 Å². The summed E-state index contributed by atoms with van der Waals surface area (Å²) >= 11 is 0. The Labute approximate surface area is 220 Å². The molecule has 0 heterocycles. The number of carbonyl (C=O) groups is 1. The first kappa shape index (κ1) is 33.2. The lowest BCUT2D eigenvalue weighted by atomic mass is 10.3. The van der Waals surface area contributed by atoms with Gasteiger partial charge in [-0.1, -0.05) is 18.2 Å². The minimum Gasteiger partial charge on any atom is -0.491 e. The molecule has 0 aliphatic carbocycles. The summed E-state index contributed by atoms with van der Waals surface area (Å²) in [5, 5.41) is 0. The fourth-order valence-corrected chi connectivity index (χ4v) is 2.62. The predicted octanol–water partition coefficient (Wildman–Crippen LogP) is 1.76. The van der Waals surface area contributed by atoms with E-state index in [-0.39, 0.29) is 12.6 Å². The van der Waals surface area contributed by atoms with E-state index in [9.17, 15) is 4.79 Å². The Morgan fingerprint density at radius 2 is 0.757 bits per heavy atom. The molecule has 1 aromatic carbocycles. The Morgan fingerprint density at radius 1 is 0.459 bits per heavy atom. The van der Waals surface area contributed by atoms with E-state index >= 15 is 0 Å². The second kappa shape index (κ2) is 27.2. The van der Waals surface area contributed by atoms with Crippen molar-refractivity contribution in [1.82, 2.24) is 0 Å². The summed E-state index contributed by atoms with van der Waals surface area (Å²) in [6, 6.07) is 9.65. The molecule has 1 aromatic rings. The number of hydrogen-bond acceptors (Lipinski definition) is 11. The molecule has 0 radical (unpaired) electrons. The van der Waals surface area contributed by atoms with E-state index in [1.807, 2.05) is 30.3 Å². The molecule has 0 spiro atoms. The Bertz CT molecular complexity index is 603. The summed E-state index contributed by atoms with van der Waals surface area (Å²) in [5.41, 5.74) is 0. The minimum atomic E-state index is -0.309. The molecule has 0 atom stereocenters. The molecule has 11 nitrogen and oxygen atoms in total. The summed E-state index contributed by atoms with van der Waals surface area (Å²) in [5.74, 6) is 0.533. The quantitative estimate of drug-likeness (QED) is 0.116. The molecule has 0 saturated heterocycles. The van der Waals surface area contributed by atoms with E-state index < -0.39 is 0 Å². The molecule has 0 aromatic heterocycles. The first-order chi connectivity index (χ1) is 18.3. The lowest BCUT2D eigenvalue weighted by Gasteiger charge is -2.09. The molecule has 0 aliphatic rings. The number of esters is 1. The molecule has 0 saturated carbocycles. The number of carbonyl (C=O) groups excluding carboxylic acids is 1. The molecule has 214 valence electrons. The molecule has 1 rings (SSSR count). The average Bonchev–Trinajstić information content (AvgIpc) is 2.90. The Balaban J connectivity index is 1.63. The van der Waals surface area contributed by atoms with Crippen LogP contribution in [0.25, 0.3) is 0 Å². The highest BCUT2D eigenvalue weighted by atomic mass is 16.6. The van der Waals surface area contributed by atoms with Crippen LogP contribution in [-0.2, 0) is 47.4 Å². The van der Waals surface area contributed by atoms with E-state index in [1.165, 1.54) is 6.92 Å². The van der Waals surface area contributed by atoms with Crippen LogP contribution in [0.2, 0.25) is 0 Å². The van der Waals surface area contributed by atoms with Crippen LogP contribution < -0.4 is 4.74 Å². The van der Waals surface area contributed by atoms with Crippen LogP contribution in [-0.4, -0.2) is 125 Å². The molecule has 0 unspecified atom stereocenters. The summed E-state index contributed by atoms with van der Waals surface area (Å²) in [7, 11) is 0. The molecule has 0 fully saturated rings. The first-order valence-corrected chi connectivity index (χ1v) is 12.7. The van der Waals surface area contributed by atoms with E-state index in [1.54, 1.807) is 0 Å². The van der Waals surface area contributed by atoms with E-state index in [2.05, 4.69) is 0 Å². The molecular formula is C26H44O11. The van der Waals surface area contributed by atoms with Crippen molar-refractivity contribution in [2.24, 2.45) is 0 Å². The number of para-hydroxylation sites is 1. The van der Waals surface area contributed by atoms with Gasteiger partial charge in [-0.3, -0.25) is 4.79 Å². The standard InChI is InChI=1S/C26H44O11/c1-25(27)36-23-21-34-19-17-32-15-13-30-11-9-28-7-8-29-10-12-31-14-16-33-18-20-35-22-24-37-26-5-3-2-4-6-26/h2-6H,7-24H2,1H3. The third-order valence-electron chi connectivity index (χ3n) is 4.38. The van der Waals surface area contributed by atoms with Crippen molar-refractivity contribution in [2.75, 3.05) is 119 Å². The highest BCUT2D eigenvalue weighted by molar-refractivity contribution is 5.65. The maximum Gasteiger partial charge on any atom is 0.302 e. The monoisotopic (exact) mass is 532 g/mol. The maximum atomic E-state index is 10.6. The highest BCUT2D eigenvalue weighted by Crippen LogP contribution is 2.07. The summed E-state index contributed by atoms with van der Waals surface area (Å²) in [6.45, 7) is 10.0. The minimum absolute atomic E-state index is 0.261. The van der Waals surface area contributed by atoms with Crippen LogP contribution in [0.5, 0.6) is 5.75 Å². The van der Waals surface area contributed by atoms with E-state index in [4.69, 9.17) is 47.4 Å². The maximum absolute atomic E-state index is 10.6. The van der Waals surface area contributed by atoms with Crippen LogP contribution >= 0.6 is 0 Å². The fraction of sp³-hybridized carbons (Fsp3) is 0.731. The largest absolute Gasteiger partial charge is 0.491 e. The van der Waals surface area contributed by atoms with Gasteiger partial charge in [0.05, 0.1) is 106 Å². The van der Waals surface area contributed by atoms with Gasteiger partial charge >= 0.3 is 5.97 Å². The van der Waals surface area contributed by atoms with Crippen LogP contribution in [0.3, 0.4) is 0 Å². The average molecular weight is 533 g/mol. The highest BCUT2D eigenvalue weighted by Gasteiger charge is 1.96. The summed E-state index contributed by atoms with van der Waals surface area (Å²) in [4.78, 5) is 10.6. The Kier molecular flexibility index (Phi) is 24.4. The van der Waals surface area contributed by atoms with Crippen molar-refractivity contribution in [3.63, 3.8) is 0 Å². The molecule has 11 heteroatoms. The van der Waals surface area contributed by atoms with Crippen molar-refractivity contribution in [3.05, 3.63) is 30.3 Å². The van der Waals surface area contributed by atoms with E-state index in [0.717, 1.165) is 5.75 Å². The van der Waals surface area contributed by atoms with Gasteiger partial charge in [-0.25, -0.2) is 0 Å². The second-order valence-corrected chi connectivity index (χ2v) is 7.40. The van der Waals surface area contributed by atoms with Crippen LogP contribution in [0.1, 0.15) is 6.92 Å². The van der Waals surface area contributed by atoms with Gasteiger partial charge in [-0.2, -0.15) is 0 Å². The molecule has 0 bridgehead atoms.